The second kappa shape index (κ2) is 7.62. The number of hydrogen-bond donors (Lipinski definition) is 2. The molecule has 0 heterocycles. The lowest BCUT2D eigenvalue weighted by Crippen LogP contribution is -2.25. The molecule has 1 rings (SSSR count). The van der Waals surface area contributed by atoms with E-state index in [1.54, 1.807) is 6.07 Å². The van der Waals surface area contributed by atoms with Gasteiger partial charge in [0, 0.05) is 13.1 Å². The Kier molecular flexibility index (Phi) is 6.48. The van der Waals surface area contributed by atoms with Crippen LogP contribution in [0.4, 0.5) is 0 Å². The van der Waals surface area contributed by atoms with Gasteiger partial charge in [0.2, 0.25) is 10.0 Å². The zero-order valence-electron chi connectivity index (χ0n) is 12.0. The number of sulfonamides is 1. The van der Waals surface area contributed by atoms with E-state index >= 15 is 0 Å². The zero-order valence-corrected chi connectivity index (χ0v) is 12.8. The van der Waals surface area contributed by atoms with Crippen molar-refractivity contribution in [2.75, 3.05) is 13.1 Å². The van der Waals surface area contributed by atoms with Crippen molar-refractivity contribution in [2.24, 2.45) is 0 Å². The Hall–Kier alpha value is -0.910. The largest absolute Gasteiger partial charge is 0.313 e. The van der Waals surface area contributed by atoms with Crippen LogP contribution in [0.3, 0.4) is 0 Å². The van der Waals surface area contributed by atoms with E-state index in [1.807, 2.05) is 26.0 Å². The van der Waals surface area contributed by atoms with Gasteiger partial charge in [-0.25, -0.2) is 13.1 Å². The highest BCUT2D eigenvalue weighted by atomic mass is 32.2. The van der Waals surface area contributed by atoms with Crippen LogP contribution in [0.15, 0.2) is 23.1 Å². The molecule has 19 heavy (non-hydrogen) atoms. The van der Waals surface area contributed by atoms with E-state index < -0.39 is 10.0 Å². The molecule has 1 aromatic carbocycles. The first-order valence-corrected chi connectivity index (χ1v) is 8.29. The number of rotatable bonds is 8. The number of benzene rings is 1. The lowest BCUT2D eigenvalue weighted by Gasteiger charge is -2.11. The average molecular weight is 284 g/mol. The van der Waals surface area contributed by atoms with Gasteiger partial charge in [0.05, 0.1) is 4.90 Å². The highest BCUT2D eigenvalue weighted by Crippen LogP contribution is 2.17. The first-order chi connectivity index (χ1) is 9.01. The van der Waals surface area contributed by atoms with E-state index in [1.165, 1.54) is 0 Å². The van der Waals surface area contributed by atoms with Crippen LogP contribution in [0.2, 0.25) is 0 Å². The summed E-state index contributed by atoms with van der Waals surface area (Å²) in [5.74, 6) is 0. The van der Waals surface area contributed by atoms with Gasteiger partial charge >= 0.3 is 0 Å². The molecule has 0 amide bonds. The van der Waals surface area contributed by atoms with Crippen molar-refractivity contribution in [3.05, 3.63) is 29.3 Å². The summed E-state index contributed by atoms with van der Waals surface area (Å²) in [6.07, 6.45) is 1.85. The normalized spacial score (nSPS) is 11.7. The minimum absolute atomic E-state index is 0.386. The van der Waals surface area contributed by atoms with Crippen LogP contribution >= 0.6 is 0 Å². The third-order valence-corrected chi connectivity index (χ3v) is 4.44. The summed E-state index contributed by atoms with van der Waals surface area (Å²) in [5, 5.41) is 3.28. The van der Waals surface area contributed by atoms with Crippen molar-refractivity contribution in [1.82, 2.24) is 10.0 Å². The Bertz CT molecular complexity index is 498. The van der Waals surface area contributed by atoms with Crippen molar-refractivity contribution < 1.29 is 8.42 Å². The fourth-order valence-corrected chi connectivity index (χ4v) is 3.19. The molecule has 0 saturated carbocycles. The Morgan fingerprint density at radius 3 is 2.42 bits per heavy atom. The molecule has 0 saturated heterocycles. The van der Waals surface area contributed by atoms with Crippen LogP contribution in [0.25, 0.3) is 0 Å². The van der Waals surface area contributed by atoms with Crippen LogP contribution < -0.4 is 10.0 Å². The zero-order chi connectivity index (χ0) is 14.3. The van der Waals surface area contributed by atoms with E-state index in [2.05, 4.69) is 17.0 Å². The highest BCUT2D eigenvalue weighted by molar-refractivity contribution is 7.89. The fraction of sp³-hybridized carbons (Fsp3) is 0.571. The minimum atomic E-state index is -3.38. The van der Waals surface area contributed by atoms with Crippen LogP contribution in [0.5, 0.6) is 0 Å². The van der Waals surface area contributed by atoms with Crippen molar-refractivity contribution in [1.29, 1.82) is 0 Å². The topological polar surface area (TPSA) is 58.2 Å². The van der Waals surface area contributed by atoms with E-state index in [4.69, 9.17) is 0 Å². The van der Waals surface area contributed by atoms with Gasteiger partial charge in [-0.15, -0.1) is 0 Å². The molecule has 0 unspecified atom stereocenters. The molecule has 4 nitrogen and oxygen atoms in total. The van der Waals surface area contributed by atoms with Crippen molar-refractivity contribution in [2.45, 2.75) is 45.1 Å². The van der Waals surface area contributed by atoms with E-state index in [-0.39, 0.29) is 0 Å². The molecule has 0 bridgehead atoms. The van der Waals surface area contributed by atoms with E-state index in [0.29, 0.717) is 18.0 Å². The molecule has 0 aromatic heterocycles. The number of aryl methyl sites for hydroxylation is 1. The molecule has 1 aromatic rings. The second-order valence-corrected chi connectivity index (χ2v) is 6.41. The molecule has 5 heteroatoms. The lowest BCUT2D eigenvalue weighted by atomic mass is 10.1. The maximum Gasteiger partial charge on any atom is 0.240 e. The molecule has 0 aliphatic heterocycles. The molecule has 0 atom stereocenters. The van der Waals surface area contributed by atoms with Gasteiger partial charge in [-0.3, -0.25) is 0 Å². The fourth-order valence-electron chi connectivity index (χ4n) is 1.77. The SMILES string of the molecule is CCCNCc1ccc(C)c(S(=O)(=O)NCCC)c1. The number of nitrogens with one attached hydrogen (secondary N) is 2. The predicted molar refractivity (Wildman–Crippen MR) is 78.7 cm³/mol. The maximum absolute atomic E-state index is 12.2. The Labute approximate surface area is 116 Å². The average Bonchev–Trinajstić information content (AvgIpc) is 2.38. The summed E-state index contributed by atoms with van der Waals surface area (Å²) in [6, 6.07) is 5.59. The van der Waals surface area contributed by atoms with Crippen molar-refractivity contribution >= 4 is 10.0 Å². The summed E-state index contributed by atoms with van der Waals surface area (Å²) in [5.41, 5.74) is 1.78. The van der Waals surface area contributed by atoms with Gasteiger partial charge in [-0.2, -0.15) is 0 Å². The third kappa shape index (κ3) is 4.93. The molecule has 0 aliphatic carbocycles. The Morgan fingerprint density at radius 2 is 1.79 bits per heavy atom. The smallest absolute Gasteiger partial charge is 0.240 e. The van der Waals surface area contributed by atoms with Crippen molar-refractivity contribution in [3.8, 4) is 0 Å². The quantitative estimate of drug-likeness (QED) is 0.719. The van der Waals surface area contributed by atoms with Gasteiger partial charge in [-0.1, -0.05) is 26.0 Å². The van der Waals surface area contributed by atoms with Gasteiger partial charge in [0.25, 0.3) is 0 Å². The first-order valence-electron chi connectivity index (χ1n) is 6.81. The summed E-state index contributed by atoms with van der Waals surface area (Å²) in [7, 11) is -3.38. The molecule has 0 spiro atoms. The monoisotopic (exact) mass is 284 g/mol. The molecule has 0 radical (unpaired) electrons. The van der Waals surface area contributed by atoms with Gasteiger partial charge < -0.3 is 5.32 Å². The second-order valence-electron chi connectivity index (χ2n) is 4.67. The van der Waals surface area contributed by atoms with Crippen LogP contribution in [-0.2, 0) is 16.6 Å². The van der Waals surface area contributed by atoms with Crippen molar-refractivity contribution in [3.63, 3.8) is 0 Å². The predicted octanol–water partition coefficient (Wildman–Crippen LogP) is 2.18. The summed E-state index contributed by atoms with van der Waals surface area (Å²) in [6.45, 7) is 7.98. The minimum Gasteiger partial charge on any atom is -0.313 e. The van der Waals surface area contributed by atoms with E-state index in [9.17, 15) is 8.42 Å². The molecule has 0 aliphatic rings. The van der Waals surface area contributed by atoms with Gasteiger partial charge in [0.15, 0.2) is 0 Å². The van der Waals surface area contributed by atoms with Gasteiger partial charge in [-0.05, 0) is 43.5 Å². The lowest BCUT2D eigenvalue weighted by molar-refractivity contribution is 0.579. The summed E-state index contributed by atoms with van der Waals surface area (Å²) < 4.78 is 26.9. The maximum atomic E-state index is 12.2. The van der Waals surface area contributed by atoms with Gasteiger partial charge in [0.1, 0.15) is 0 Å². The molecular formula is C14H24N2O2S. The van der Waals surface area contributed by atoms with Crippen LogP contribution in [0.1, 0.15) is 37.8 Å². The van der Waals surface area contributed by atoms with Crippen LogP contribution in [-0.4, -0.2) is 21.5 Å². The van der Waals surface area contributed by atoms with E-state index in [0.717, 1.165) is 30.5 Å². The standard InChI is InChI=1S/C14H24N2O2S/c1-4-8-15-11-13-7-6-12(3)14(10-13)19(17,18)16-9-5-2/h6-7,10,15-16H,4-5,8-9,11H2,1-3H3. The number of hydrogen-bond acceptors (Lipinski definition) is 3. The summed E-state index contributed by atoms with van der Waals surface area (Å²) in [4.78, 5) is 0.386. The molecule has 108 valence electrons. The third-order valence-electron chi connectivity index (χ3n) is 2.84. The Morgan fingerprint density at radius 1 is 1.11 bits per heavy atom. The molecule has 0 fully saturated rings. The molecular weight excluding hydrogens is 260 g/mol. The summed E-state index contributed by atoms with van der Waals surface area (Å²) >= 11 is 0. The Balaban J connectivity index is 2.90. The van der Waals surface area contributed by atoms with Crippen LogP contribution in [0, 0.1) is 6.92 Å². The molecule has 2 N–H and O–H groups in total. The highest BCUT2D eigenvalue weighted by Gasteiger charge is 2.16. The first kappa shape index (κ1) is 16.1.